The third kappa shape index (κ3) is 2.98. The number of imidazole rings is 1. The van der Waals surface area contributed by atoms with Gasteiger partial charge in [0.1, 0.15) is 0 Å². The molecular weight excluding hydrogens is 269 g/mol. The second kappa shape index (κ2) is 5.63. The van der Waals surface area contributed by atoms with E-state index in [1.807, 2.05) is 29.8 Å². The molecule has 1 N–H and O–H groups in total. The van der Waals surface area contributed by atoms with E-state index in [0.29, 0.717) is 10.0 Å². The molecule has 0 spiro atoms. The zero-order valence-corrected chi connectivity index (χ0v) is 11.9. The molecule has 3 nitrogen and oxygen atoms in total. The predicted octanol–water partition coefficient (Wildman–Crippen LogP) is 4.31. The highest BCUT2D eigenvalue weighted by molar-refractivity contribution is 6.34. The first-order chi connectivity index (χ1) is 8.60. The summed E-state index contributed by atoms with van der Waals surface area (Å²) in [5, 5.41) is 4.52. The van der Waals surface area contributed by atoms with E-state index in [1.165, 1.54) is 0 Å². The molecule has 0 atom stereocenters. The van der Waals surface area contributed by atoms with Crippen LogP contribution in [-0.2, 0) is 0 Å². The third-order valence-corrected chi connectivity index (χ3v) is 2.92. The van der Waals surface area contributed by atoms with Crippen LogP contribution in [0.15, 0.2) is 24.4 Å². The van der Waals surface area contributed by atoms with E-state index in [1.54, 1.807) is 6.07 Å². The van der Waals surface area contributed by atoms with E-state index in [9.17, 15) is 0 Å². The Morgan fingerprint density at radius 3 is 2.50 bits per heavy atom. The second-order valence-corrected chi connectivity index (χ2v) is 5.00. The SMILES string of the molecule is CCCNc1nc(C)cn1-c1cc(Cl)cc(Cl)c1. The number of benzene rings is 1. The van der Waals surface area contributed by atoms with Crippen LogP contribution in [0, 0.1) is 6.92 Å². The van der Waals surface area contributed by atoms with Gasteiger partial charge in [-0.05, 0) is 31.5 Å². The average molecular weight is 284 g/mol. The van der Waals surface area contributed by atoms with Gasteiger partial charge in [0.25, 0.3) is 0 Å². The number of anilines is 1. The molecule has 0 saturated heterocycles. The minimum absolute atomic E-state index is 0.616. The van der Waals surface area contributed by atoms with Gasteiger partial charge in [-0.3, -0.25) is 4.57 Å². The van der Waals surface area contributed by atoms with Gasteiger partial charge in [-0.2, -0.15) is 0 Å². The van der Waals surface area contributed by atoms with Crippen molar-refractivity contribution in [2.24, 2.45) is 0 Å². The highest BCUT2D eigenvalue weighted by Gasteiger charge is 2.08. The lowest BCUT2D eigenvalue weighted by Gasteiger charge is -2.09. The van der Waals surface area contributed by atoms with Crippen molar-refractivity contribution in [2.45, 2.75) is 20.3 Å². The van der Waals surface area contributed by atoms with Gasteiger partial charge in [-0.25, -0.2) is 4.98 Å². The molecule has 0 aliphatic rings. The van der Waals surface area contributed by atoms with Gasteiger partial charge in [0.05, 0.1) is 11.4 Å². The number of rotatable bonds is 4. The maximum atomic E-state index is 6.02. The van der Waals surface area contributed by atoms with Crippen LogP contribution in [-0.4, -0.2) is 16.1 Å². The van der Waals surface area contributed by atoms with Crippen LogP contribution >= 0.6 is 23.2 Å². The van der Waals surface area contributed by atoms with E-state index in [-0.39, 0.29) is 0 Å². The van der Waals surface area contributed by atoms with Crippen molar-refractivity contribution in [1.29, 1.82) is 0 Å². The summed E-state index contributed by atoms with van der Waals surface area (Å²) in [5.74, 6) is 0.813. The van der Waals surface area contributed by atoms with Crippen LogP contribution in [0.1, 0.15) is 19.0 Å². The largest absolute Gasteiger partial charge is 0.355 e. The summed E-state index contributed by atoms with van der Waals surface area (Å²) in [4.78, 5) is 4.45. The van der Waals surface area contributed by atoms with Crippen LogP contribution in [0.5, 0.6) is 0 Å². The predicted molar refractivity (Wildman–Crippen MR) is 77.1 cm³/mol. The van der Waals surface area contributed by atoms with Gasteiger partial charge in [0, 0.05) is 22.8 Å². The molecule has 18 heavy (non-hydrogen) atoms. The van der Waals surface area contributed by atoms with Crippen molar-refractivity contribution in [1.82, 2.24) is 9.55 Å². The normalized spacial score (nSPS) is 10.7. The van der Waals surface area contributed by atoms with Gasteiger partial charge in [0.2, 0.25) is 5.95 Å². The Morgan fingerprint density at radius 2 is 1.89 bits per heavy atom. The van der Waals surface area contributed by atoms with Crippen LogP contribution in [0.3, 0.4) is 0 Å². The minimum atomic E-state index is 0.616. The van der Waals surface area contributed by atoms with Gasteiger partial charge in [-0.15, -0.1) is 0 Å². The molecule has 0 amide bonds. The summed E-state index contributed by atoms with van der Waals surface area (Å²) in [7, 11) is 0. The molecule has 1 aromatic carbocycles. The van der Waals surface area contributed by atoms with Crippen molar-refractivity contribution in [3.05, 3.63) is 40.1 Å². The highest BCUT2D eigenvalue weighted by Crippen LogP contribution is 2.24. The summed E-state index contributed by atoms with van der Waals surface area (Å²) in [6.07, 6.45) is 3.00. The first kappa shape index (κ1) is 13.2. The molecule has 0 fully saturated rings. The Labute approximate surface area is 117 Å². The third-order valence-electron chi connectivity index (χ3n) is 2.48. The highest BCUT2D eigenvalue weighted by atomic mass is 35.5. The molecule has 0 saturated carbocycles. The molecule has 0 radical (unpaired) electrons. The molecule has 0 bridgehead atoms. The smallest absolute Gasteiger partial charge is 0.207 e. The van der Waals surface area contributed by atoms with E-state index in [4.69, 9.17) is 23.2 Å². The van der Waals surface area contributed by atoms with Crippen LogP contribution in [0.25, 0.3) is 5.69 Å². The van der Waals surface area contributed by atoms with Crippen molar-refractivity contribution >= 4 is 29.2 Å². The van der Waals surface area contributed by atoms with Crippen LogP contribution in [0.2, 0.25) is 10.0 Å². The summed E-state index contributed by atoms with van der Waals surface area (Å²) < 4.78 is 1.96. The van der Waals surface area contributed by atoms with Gasteiger partial charge >= 0.3 is 0 Å². The molecule has 2 aromatic rings. The zero-order chi connectivity index (χ0) is 13.1. The molecule has 1 aromatic heterocycles. The lowest BCUT2D eigenvalue weighted by atomic mass is 10.3. The molecular formula is C13H15Cl2N3. The van der Waals surface area contributed by atoms with E-state index < -0.39 is 0 Å². The maximum Gasteiger partial charge on any atom is 0.207 e. The maximum absolute atomic E-state index is 6.02. The Kier molecular flexibility index (Phi) is 4.15. The van der Waals surface area contributed by atoms with E-state index >= 15 is 0 Å². The van der Waals surface area contributed by atoms with Crippen molar-refractivity contribution in [2.75, 3.05) is 11.9 Å². The fourth-order valence-corrected chi connectivity index (χ4v) is 2.25. The first-order valence-corrected chi connectivity index (χ1v) is 6.62. The summed E-state index contributed by atoms with van der Waals surface area (Å²) in [6, 6.07) is 5.45. The van der Waals surface area contributed by atoms with Gasteiger partial charge in [0.15, 0.2) is 0 Å². The summed E-state index contributed by atoms with van der Waals surface area (Å²) in [5.41, 5.74) is 1.86. The zero-order valence-electron chi connectivity index (χ0n) is 10.4. The number of nitrogens with zero attached hydrogens (tertiary/aromatic N) is 2. The van der Waals surface area contributed by atoms with Crippen LogP contribution < -0.4 is 5.32 Å². The Bertz CT molecular complexity index is 529. The topological polar surface area (TPSA) is 29.9 Å². The van der Waals surface area contributed by atoms with Crippen molar-refractivity contribution in [3.8, 4) is 5.69 Å². The Balaban J connectivity index is 2.42. The molecule has 0 aliphatic carbocycles. The number of hydrogen-bond donors (Lipinski definition) is 1. The fourth-order valence-electron chi connectivity index (χ4n) is 1.73. The summed E-state index contributed by atoms with van der Waals surface area (Å²) >= 11 is 12.0. The Hall–Kier alpha value is -1.19. The molecule has 96 valence electrons. The number of nitrogens with one attached hydrogen (secondary N) is 1. The van der Waals surface area contributed by atoms with Gasteiger partial charge < -0.3 is 5.32 Å². The molecule has 0 aliphatic heterocycles. The number of hydrogen-bond acceptors (Lipinski definition) is 2. The Morgan fingerprint density at radius 1 is 1.22 bits per heavy atom. The molecule has 5 heteroatoms. The number of aryl methyl sites for hydroxylation is 1. The second-order valence-electron chi connectivity index (χ2n) is 4.13. The van der Waals surface area contributed by atoms with E-state index in [0.717, 1.165) is 30.3 Å². The number of halogens is 2. The lowest BCUT2D eigenvalue weighted by Crippen LogP contribution is -2.06. The fraction of sp³-hybridized carbons (Fsp3) is 0.308. The first-order valence-electron chi connectivity index (χ1n) is 5.86. The minimum Gasteiger partial charge on any atom is -0.355 e. The molecule has 0 unspecified atom stereocenters. The van der Waals surface area contributed by atoms with Gasteiger partial charge in [-0.1, -0.05) is 30.1 Å². The molecule has 1 heterocycles. The number of aromatic nitrogens is 2. The summed E-state index contributed by atoms with van der Waals surface area (Å²) in [6.45, 7) is 4.95. The average Bonchev–Trinajstić information content (AvgIpc) is 2.66. The van der Waals surface area contributed by atoms with Crippen LogP contribution in [0.4, 0.5) is 5.95 Å². The molecule has 2 rings (SSSR count). The lowest BCUT2D eigenvalue weighted by molar-refractivity contribution is 0.937. The quantitative estimate of drug-likeness (QED) is 0.906. The standard InChI is InChI=1S/C13H15Cl2N3/c1-3-4-16-13-17-9(2)8-18(13)12-6-10(14)5-11(15)7-12/h5-8H,3-4H2,1-2H3,(H,16,17). The van der Waals surface area contributed by atoms with E-state index in [2.05, 4.69) is 17.2 Å². The monoisotopic (exact) mass is 283 g/mol. The van der Waals surface area contributed by atoms with Crippen molar-refractivity contribution in [3.63, 3.8) is 0 Å². The van der Waals surface area contributed by atoms with Crippen molar-refractivity contribution < 1.29 is 0 Å².